The Labute approximate surface area is 55.3 Å². The molecule has 1 fully saturated rings. The Balaban J connectivity index is 2.49. The lowest BCUT2D eigenvalue weighted by Gasteiger charge is -2.20. The lowest BCUT2D eigenvalue weighted by atomic mass is 10.2. The zero-order chi connectivity index (χ0) is 6.85. The molecule has 0 aromatic heterocycles. The average molecular weight is 127 g/mol. The molecule has 0 bridgehead atoms. The summed E-state index contributed by atoms with van der Waals surface area (Å²) < 4.78 is 0. The zero-order valence-corrected chi connectivity index (χ0v) is 5.72. The zero-order valence-electron chi connectivity index (χ0n) is 5.72. The summed E-state index contributed by atoms with van der Waals surface area (Å²) in [6.07, 6.45) is 2.36. The van der Waals surface area contributed by atoms with E-state index in [1.165, 1.54) is 12.8 Å². The van der Waals surface area contributed by atoms with Crippen LogP contribution in [0.15, 0.2) is 0 Å². The van der Waals surface area contributed by atoms with E-state index in [1.54, 1.807) is 0 Å². The van der Waals surface area contributed by atoms with Gasteiger partial charge in [-0.1, -0.05) is 0 Å². The number of hydrogen-bond acceptors (Lipinski definition) is 1. The Morgan fingerprint density at radius 3 is 2.67 bits per heavy atom. The molecule has 52 valence electrons. The molecule has 0 aromatic carbocycles. The minimum Gasteiger partial charge on any atom is -0.370 e. The predicted octanol–water partition coefficient (Wildman–Crippen LogP) is 0.364. The first-order valence-corrected chi connectivity index (χ1v) is 3.32. The van der Waals surface area contributed by atoms with E-state index in [2.05, 4.69) is 6.92 Å². The molecule has 3 N–H and O–H groups in total. The molecule has 0 spiro atoms. The molecule has 0 amide bonds. The van der Waals surface area contributed by atoms with Gasteiger partial charge in [0.05, 0.1) is 0 Å². The van der Waals surface area contributed by atoms with E-state index in [0.717, 1.165) is 6.54 Å². The number of nitrogens with two attached hydrogens (primary N) is 1. The first kappa shape index (κ1) is 6.39. The Morgan fingerprint density at radius 1 is 1.78 bits per heavy atom. The third kappa shape index (κ3) is 1.15. The van der Waals surface area contributed by atoms with Gasteiger partial charge in [-0.15, -0.1) is 0 Å². The highest BCUT2D eigenvalue weighted by Gasteiger charge is 2.20. The fourth-order valence-corrected chi connectivity index (χ4v) is 1.29. The van der Waals surface area contributed by atoms with Gasteiger partial charge in [0.25, 0.3) is 0 Å². The molecular weight excluding hydrogens is 114 g/mol. The van der Waals surface area contributed by atoms with Crippen LogP contribution in [0.25, 0.3) is 0 Å². The number of guanidine groups is 1. The van der Waals surface area contributed by atoms with Crippen molar-refractivity contribution in [1.82, 2.24) is 4.90 Å². The topological polar surface area (TPSA) is 53.1 Å². The fraction of sp³-hybridized carbons (Fsp3) is 0.833. The third-order valence-corrected chi connectivity index (χ3v) is 1.86. The second-order valence-corrected chi connectivity index (χ2v) is 2.57. The average Bonchev–Trinajstić information content (AvgIpc) is 2.13. The highest BCUT2D eigenvalue weighted by Crippen LogP contribution is 2.14. The van der Waals surface area contributed by atoms with Gasteiger partial charge in [0, 0.05) is 12.6 Å². The standard InChI is InChI=1S/C6H13N3/c1-5-3-2-4-9(5)6(7)8/h5H,2-4H2,1H3,(H3,7,8)/t5-/m0/s1. The minimum atomic E-state index is 0.222. The van der Waals surface area contributed by atoms with Gasteiger partial charge in [-0.05, 0) is 19.8 Å². The SMILES string of the molecule is C[C@H]1CCCN1C(=N)N. The van der Waals surface area contributed by atoms with Crippen molar-refractivity contribution in [2.45, 2.75) is 25.8 Å². The summed E-state index contributed by atoms with van der Waals surface area (Å²) in [7, 11) is 0. The van der Waals surface area contributed by atoms with E-state index in [9.17, 15) is 0 Å². The molecule has 3 nitrogen and oxygen atoms in total. The summed E-state index contributed by atoms with van der Waals surface area (Å²) in [5, 5.41) is 7.13. The first-order valence-electron chi connectivity index (χ1n) is 3.32. The van der Waals surface area contributed by atoms with Gasteiger partial charge in [0.2, 0.25) is 0 Å². The Bertz CT molecular complexity index is 121. The van der Waals surface area contributed by atoms with Crippen LogP contribution in [0.2, 0.25) is 0 Å². The van der Waals surface area contributed by atoms with Gasteiger partial charge in [-0.25, -0.2) is 0 Å². The summed E-state index contributed by atoms with van der Waals surface area (Å²) in [4.78, 5) is 1.93. The smallest absolute Gasteiger partial charge is 0.188 e. The van der Waals surface area contributed by atoms with Crippen LogP contribution in [-0.2, 0) is 0 Å². The van der Waals surface area contributed by atoms with Crippen molar-refractivity contribution in [2.75, 3.05) is 6.54 Å². The molecule has 1 atom stereocenters. The van der Waals surface area contributed by atoms with Crippen LogP contribution in [0, 0.1) is 5.41 Å². The number of hydrogen-bond donors (Lipinski definition) is 2. The van der Waals surface area contributed by atoms with Crippen LogP contribution >= 0.6 is 0 Å². The maximum atomic E-state index is 7.13. The summed E-state index contributed by atoms with van der Waals surface area (Å²) in [5.41, 5.74) is 5.30. The monoisotopic (exact) mass is 127 g/mol. The molecule has 1 aliphatic rings. The van der Waals surface area contributed by atoms with Crippen LogP contribution in [0.3, 0.4) is 0 Å². The molecule has 0 saturated carbocycles. The van der Waals surface area contributed by atoms with E-state index >= 15 is 0 Å². The largest absolute Gasteiger partial charge is 0.370 e. The lowest BCUT2D eigenvalue weighted by molar-refractivity contribution is 0.408. The van der Waals surface area contributed by atoms with Crippen LogP contribution < -0.4 is 5.73 Å². The summed E-state index contributed by atoms with van der Waals surface area (Å²) in [6, 6.07) is 0.488. The van der Waals surface area contributed by atoms with Crippen molar-refractivity contribution in [1.29, 1.82) is 5.41 Å². The molecule has 1 aliphatic heterocycles. The molecule has 0 aliphatic carbocycles. The predicted molar refractivity (Wildman–Crippen MR) is 37.3 cm³/mol. The van der Waals surface area contributed by atoms with E-state index < -0.39 is 0 Å². The van der Waals surface area contributed by atoms with E-state index in [-0.39, 0.29) is 5.96 Å². The minimum absolute atomic E-state index is 0.222. The number of rotatable bonds is 0. The molecule has 9 heavy (non-hydrogen) atoms. The van der Waals surface area contributed by atoms with Gasteiger partial charge in [-0.3, -0.25) is 5.41 Å². The molecule has 0 unspecified atom stereocenters. The van der Waals surface area contributed by atoms with Gasteiger partial charge >= 0.3 is 0 Å². The molecule has 1 saturated heterocycles. The van der Waals surface area contributed by atoms with Gasteiger partial charge in [0.1, 0.15) is 0 Å². The van der Waals surface area contributed by atoms with E-state index in [4.69, 9.17) is 11.1 Å². The molecule has 1 rings (SSSR count). The second kappa shape index (κ2) is 2.25. The molecule has 0 radical (unpaired) electrons. The third-order valence-electron chi connectivity index (χ3n) is 1.86. The van der Waals surface area contributed by atoms with Crippen LogP contribution in [0.5, 0.6) is 0 Å². The molecular formula is C6H13N3. The van der Waals surface area contributed by atoms with Crippen LogP contribution in [0.1, 0.15) is 19.8 Å². The Morgan fingerprint density at radius 2 is 2.44 bits per heavy atom. The van der Waals surface area contributed by atoms with Gasteiger partial charge in [-0.2, -0.15) is 0 Å². The first-order chi connectivity index (χ1) is 4.22. The number of nitrogens with one attached hydrogen (secondary N) is 1. The van der Waals surface area contributed by atoms with Crippen molar-refractivity contribution in [3.05, 3.63) is 0 Å². The van der Waals surface area contributed by atoms with Crippen molar-refractivity contribution in [3.8, 4) is 0 Å². The Hall–Kier alpha value is -0.730. The lowest BCUT2D eigenvalue weighted by Crippen LogP contribution is -2.38. The van der Waals surface area contributed by atoms with Crippen molar-refractivity contribution >= 4 is 5.96 Å². The summed E-state index contributed by atoms with van der Waals surface area (Å²) in [6.45, 7) is 3.07. The molecule has 0 aromatic rings. The maximum absolute atomic E-state index is 7.13. The van der Waals surface area contributed by atoms with Gasteiger partial charge in [0.15, 0.2) is 5.96 Å². The second-order valence-electron chi connectivity index (χ2n) is 2.57. The molecule has 3 heteroatoms. The maximum Gasteiger partial charge on any atom is 0.188 e. The highest BCUT2D eigenvalue weighted by atomic mass is 15.3. The normalized spacial score (nSPS) is 26.8. The van der Waals surface area contributed by atoms with Crippen LogP contribution in [0.4, 0.5) is 0 Å². The van der Waals surface area contributed by atoms with Crippen molar-refractivity contribution in [3.63, 3.8) is 0 Å². The summed E-state index contributed by atoms with van der Waals surface area (Å²) in [5.74, 6) is 0.222. The van der Waals surface area contributed by atoms with Crippen LogP contribution in [-0.4, -0.2) is 23.4 Å². The Kier molecular flexibility index (Phi) is 1.60. The van der Waals surface area contributed by atoms with E-state index in [1.807, 2.05) is 4.90 Å². The quantitative estimate of drug-likeness (QED) is 0.365. The number of likely N-dealkylation sites (tertiary alicyclic amines) is 1. The van der Waals surface area contributed by atoms with Crippen molar-refractivity contribution in [2.24, 2.45) is 5.73 Å². The van der Waals surface area contributed by atoms with E-state index in [0.29, 0.717) is 6.04 Å². The van der Waals surface area contributed by atoms with Crippen molar-refractivity contribution < 1.29 is 0 Å². The summed E-state index contributed by atoms with van der Waals surface area (Å²) >= 11 is 0. The fourth-order valence-electron chi connectivity index (χ4n) is 1.29. The number of nitrogens with zero attached hydrogens (tertiary/aromatic N) is 1. The highest BCUT2D eigenvalue weighted by molar-refractivity contribution is 5.75. The van der Waals surface area contributed by atoms with Gasteiger partial charge < -0.3 is 10.6 Å². The molecule has 1 heterocycles.